The molecule has 5 rings (SSSR count). The molecule has 0 saturated carbocycles. The lowest BCUT2D eigenvalue weighted by atomic mass is 9.93. The number of aromatic nitrogens is 1. The van der Waals surface area contributed by atoms with Crippen LogP contribution in [0, 0.1) is 0 Å². The fourth-order valence-corrected chi connectivity index (χ4v) is 5.54. The summed E-state index contributed by atoms with van der Waals surface area (Å²) in [5, 5.41) is 0.556. The van der Waals surface area contributed by atoms with Crippen molar-refractivity contribution in [2.75, 3.05) is 13.2 Å². The second kappa shape index (κ2) is 11.2. The minimum Gasteiger partial charge on any atom is -0.494 e. The first-order chi connectivity index (χ1) is 18.5. The van der Waals surface area contributed by atoms with Crippen LogP contribution in [0.5, 0.6) is 5.75 Å². The van der Waals surface area contributed by atoms with Crippen molar-refractivity contribution in [3.8, 4) is 5.75 Å². The van der Waals surface area contributed by atoms with Crippen LogP contribution in [0.1, 0.15) is 36.6 Å². The van der Waals surface area contributed by atoms with Gasteiger partial charge in [-0.3, -0.25) is 9.36 Å². The van der Waals surface area contributed by atoms with Gasteiger partial charge in [-0.1, -0.05) is 77.5 Å². The summed E-state index contributed by atoms with van der Waals surface area (Å²) >= 11 is 7.46. The molecule has 38 heavy (non-hydrogen) atoms. The van der Waals surface area contributed by atoms with Gasteiger partial charge in [0.15, 0.2) is 4.80 Å². The van der Waals surface area contributed by atoms with E-state index in [1.165, 1.54) is 11.3 Å². The topological polar surface area (TPSA) is 69.9 Å². The molecule has 4 aromatic rings. The van der Waals surface area contributed by atoms with Gasteiger partial charge in [-0.25, -0.2) is 9.79 Å². The van der Waals surface area contributed by atoms with Gasteiger partial charge >= 0.3 is 5.97 Å². The number of fused-ring (bicyclic) bond motifs is 1. The van der Waals surface area contributed by atoms with Crippen molar-refractivity contribution in [1.29, 1.82) is 0 Å². The van der Waals surface area contributed by atoms with Gasteiger partial charge in [-0.2, -0.15) is 0 Å². The van der Waals surface area contributed by atoms with Crippen LogP contribution in [0.25, 0.3) is 11.8 Å². The van der Waals surface area contributed by atoms with Crippen LogP contribution in [0.2, 0.25) is 5.02 Å². The fourth-order valence-electron chi connectivity index (χ4n) is 4.41. The van der Waals surface area contributed by atoms with Crippen molar-refractivity contribution < 1.29 is 14.3 Å². The second-order valence-corrected chi connectivity index (χ2v) is 9.93. The fraction of sp³-hybridized carbons (Fsp3) is 0.167. The molecule has 0 saturated heterocycles. The zero-order valence-electron chi connectivity index (χ0n) is 20.9. The van der Waals surface area contributed by atoms with Crippen molar-refractivity contribution >= 4 is 40.7 Å². The van der Waals surface area contributed by atoms with E-state index < -0.39 is 12.0 Å². The van der Waals surface area contributed by atoms with Gasteiger partial charge in [0.2, 0.25) is 0 Å². The molecule has 0 aliphatic carbocycles. The number of nitrogens with zero attached hydrogens (tertiary/aromatic N) is 2. The van der Waals surface area contributed by atoms with Gasteiger partial charge in [-0.05, 0) is 55.3 Å². The number of hydrogen-bond donors (Lipinski definition) is 0. The minimum absolute atomic E-state index is 0.193. The van der Waals surface area contributed by atoms with Crippen molar-refractivity contribution in [3.63, 3.8) is 0 Å². The van der Waals surface area contributed by atoms with Gasteiger partial charge in [-0.15, -0.1) is 0 Å². The summed E-state index contributed by atoms with van der Waals surface area (Å²) in [5.41, 5.74) is 2.86. The lowest BCUT2D eigenvalue weighted by Crippen LogP contribution is -2.40. The molecule has 6 nitrogen and oxygen atoms in total. The van der Waals surface area contributed by atoms with Crippen LogP contribution in [0.3, 0.4) is 0 Å². The quantitative estimate of drug-likeness (QED) is 0.307. The molecule has 0 radical (unpaired) electrons. The molecular weight excluding hydrogens is 520 g/mol. The molecular formula is C30H25ClN2O4S. The van der Waals surface area contributed by atoms with Gasteiger partial charge in [0.25, 0.3) is 5.56 Å². The standard InChI is InChI=1S/C30H25ClN2O4S/c1-3-36-23-12-8-9-19(17-23)18-24-28(34)33-27(21-13-15-22(31)16-14-21)25(29(35)37-4-2)26(32-30(33)38-24)20-10-6-5-7-11-20/h5-18,27H,3-4H2,1-2H3/b24-18-/t27-/m1/s1. The minimum atomic E-state index is -0.741. The highest BCUT2D eigenvalue weighted by atomic mass is 35.5. The molecule has 0 N–H and O–H groups in total. The highest BCUT2D eigenvalue weighted by molar-refractivity contribution is 7.07. The predicted molar refractivity (Wildman–Crippen MR) is 150 cm³/mol. The Morgan fingerprint density at radius 3 is 2.50 bits per heavy atom. The number of benzene rings is 3. The third-order valence-corrected chi connectivity index (χ3v) is 7.26. The largest absolute Gasteiger partial charge is 0.494 e. The third kappa shape index (κ3) is 5.08. The molecule has 0 fully saturated rings. The molecule has 3 aromatic carbocycles. The normalized spacial score (nSPS) is 15.1. The summed E-state index contributed by atoms with van der Waals surface area (Å²) in [6.07, 6.45) is 1.82. The Bertz CT molecular complexity index is 1690. The Morgan fingerprint density at radius 2 is 1.79 bits per heavy atom. The highest BCUT2D eigenvalue weighted by Gasteiger charge is 2.35. The summed E-state index contributed by atoms with van der Waals surface area (Å²) < 4.78 is 13.2. The molecule has 2 heterocycles. The maximum atomic E-state index is 13.9. The first kappa shape index (κ1) is 25.7. The van der Waals surface area contributed by atoms with E-state index in [9.17, 15) is 9.59 Å². The lowest BCUT2D eigenvalue weighted by Gasteiger charge is -2.25. The third-order valence-electron chi connectivity index (χ3n) is 6.03. The molecule has 0 unspecified atom stereocenters. The van der Waals surface area contributed by atoms with Gasteiger partial charge in [0.05, 0.1) is 35.1 Å². The van der Waals surface area contributed by atoms with E-state index >= 15 is 0 Å². The molecule has 1 aromatic heterocycles. The zero-order chi connectivity index (χ0) is 26.6. The second-order valence-electron chi connectivity index (χ2n) is 8.49. The first-order valence-corrected chi connectivity index (χ1v) is 13.5. The molecule has 192 valence electrons. The van der Waals surface area contributed by atoms with E-state index in [1.807, 2.05) is 79.7 Å². The Balaban J connectivity index is 1.79. The maximum Gasteiger partial charge on any atom is 0.338 e. The van der Waals surface area contributed by atoms with Crippen LogP contribution in [0.15, 0.2) is 94.2 Å². The monoisotopic (exact) mass is 544 g/mol. The van der Waals surface area contributed by atoms with E-state index in [0.29, 0.717) is 32.2 Å². The Hall–Kier alpha value is -3.94. The van der Waals surface area contributed by atoms with E-state index in [-0.39, 0.29) is 12.2 Å². The Labute approximate surface area is 228 Å². The number of hydrogen-bond acceptors (Lipinski definition) is 6. The number of carbonyl (C=O) groups is 1. The van der Waals surface area contributed by atoms with Crippen LogP contribution in [-0.2, 0) is 9.53 Å². The van der Waals surface area contributed by atoms with Crippen molar-refractivity contribution in [1.82, 2.24) is 4.57 Å². The van der Waals surface area contributed by atoms with Gasteiger partial charge in [0, 0.05) is 10.6 Å². The van der Waals surface area contributed by atoms with E-state index in [0.717, 1.165) is 22.4 Å². The van der Waals surface area contributed by atoms with Crippen molar-refractivity contribution in [2.45, 2.75) is 19.9 Å². The molecule has 1 aliphatic heterocycles. The molecule has 0 bridgehead atoms. The SMILES string of the molecule is CCOC(=O)C1=C(c2ccccc2)N=c2s/c(=C\c3cccc(OCC)c3)c(=O)n2[C@@H]1c1ccc(Cl)cc1. The molecule has 1 aliphatic rings. The van der Waals surface area contributed by atoms with Crippen LogP contribution in [-0.4, -0.2) is 23.8 Å². The summed E-state index contributed by atoms with van der Waals surface area (Å²) in [7, 11) is 0. The predicted octanol–water partition coefficient (Wildman–Crippen LogP) is 4.99. The van der Waals surface area contributed by atoms with Gasteiger partial charge < -0.3 is 9.47 Å². The van der Waals surface area contributed by atoms with Crippen LogP contribution in [0.4, 0.5) is 0 Å². The number of rotatable bonds is 7. The summed E-state index contributed by atoms with van der Waals surface area (Å²) in [6.45, 7) is 4.42. The molecule has 1 atom stereocenters. The number of halogens is 1. The summed E-state index contributed by atoms with van der Waals surface area (Å²) in [6, 6.07) is 23.4. The van der Waals surface area contributed by atoms with Gasteiger partial charge in [0.1, 0.15) is 5.75 Å². The zero-order valence-corrected chi connectivity index (χ0v) is 22.5. The van der Waals surface area contributed by atoms with E-state index in [2.05, 4.69) is 0 Å². The smallest absolute Gasteiger partial charge is 0.338 e. The van der Waals surface area contributed by atoms with Crippen molar-refractivity contribution in [3.05, 3.63) is 126 Å². The molecule has 0 amide bonds. The van der Waals surface area contributed by atoms with E-state index in [1.54, 1.807) is 23.6 Å². The molecule has 8 heteroatoms. The Kier molecular flexibility index (Phi) is 7.58. The Morgan fingerprint density at radius 1 is 1.03 bits per heavy atom. The van der Waals surface area contributed by atoms with E-state index in [4.69, 9.17) is 26.1 Å². The lowest BCUT2D eigenvalue weighted by molar-refractivity contribution is -0.138. The number of carbonyl (C=O) groups excluding carboxylic acids is 1. The van der Waals surface area contributed by atoms with Crippen LogP contribution < -0.4 is 19.6 Å². The average molecular weight is 545 g/mol. The molecule has 0 spiro atoms. The summed E-state index contributed by atoms with van der Waals surface area (Å²) in [5.74, 6) is 0.206. The highest BCUT2D eigenvalue weighted by Crippen LogP contribution is 2.35. The van der Waals surface area contributed by atoms with Crippen LogP contribution >= 0.6 is 22.9 Å². The maximum absolute atomic E-state index is 13.9. The van der Waals surface area contributed by atoms with Crippen molar-refractivity contribution in [2.24, 2.45) is 4.99 Å². The average Bonchev–Trinajstić information content (AvgIpc) is 3.23. The number of esters is 1. The summed E-state index contributed by atoms with van der Waals surface area (Å²) in [4.78, 5) is 32.7. The number of thiazole rings is 1. The first-order valence-electron chi connectivity index (χ1n) is 12.3. The number of ether oxygens (including phenoxy) is 2.